The second-order valence-corrected chi connectivity index (χ2v) is 5.32. The third kappa shape index (κ3) is 1.88. The number of hydrogen-bond donors (Lipinski definition) is 1. The van der Waals surface area contributed by atoms with Crippen molar-refractivity contribution in [3.05, 3.63) is 40.7 Å². The minimum atomic E-state index is -1.09. The third-order valence-electron chi connectivity index (χ3n) is 2.87. The average molecular weight is 287 g/mol. The standard InChI is InChI=1S/C13H9N3O3S/c1-7-4-10(13(18)19)15-16(7)12-9-5-8(6-17)20-11(9)2-3-14-12/h2-6H,1H3,(H,18,19). The number of carbonyl (C=O) groups is 2. The molecule has 100 valence electrons. The number of carbonyl (C=O) groups excluding carboxylic acids is 1. The molecule has 20 heavy (non-hydrogen) atoms. The van der Waals surface area contributed by atoms with E-state index in [2.05, 4.69) is 10.1 Å². The lowest BCUT2D eigenvalue weighted by atomic mass is 10.3. The molecule has 3 aromatic rings. The molecule has 0 atom stereocenters. The maximum absolute atomic E-state index is 11.0. The van der Waals surface area contributed by atoms with Gasteiger partial charge in [0.2, 0.25) is 0 Å². The first-order chi connectivity index (χ1) is 9.60. The van der Waals surface area contributed by atoms with Gasteiger partial charge in [-0.3, -0.25) is 4.79 Å². The van der Waals surface area contributed by atoms with Crippen LogP contribution < -0.4 is 0 Å². The highest BCUT2D eigenvalue weighted by Crippen LogP contribution is 2.28. The Morgan fingerprint density at radius 2 is 2.25 bits per heavy atom. The van der Waals surface area contributed by atoms with E-state index >= 15 is 0 Å². The Balaban J connectivity index is 2.26. The Bertz CT molecular complexity index is 835. The lowest BCUT2D eigenvalue weighted by molar-refractivity contribution is 0.0690. The van der Waals surface area contributed by atoms with Gasteiger partial charge in [-0.05, 0) is 25.1 Å². The summed E-state index contributed by atoms with van der Waals surface area (Å²) >= 11 is 1.36. The molecule has 3 heterocycles. The molecule has 6 nitrogen and oxygen atoms in total. The van der Waals surface area contributed by atoms with Crippen LogP contribution in [0.15, 0.2) is 24.4 Å². The fourth-order valence-electron chi connectivity index (χ4n) is 1.99. The molecular formula is C13H9N3O3S. The van der Waals surface area contributed by atoms with Gasteiger partial charge in [0.1, 0.15) is 0 Å². The highest BCUT2D eigenvalue weighted by atomic mass is 32.1. The van der Waals surface area contributed by atoms with Crippen LogP contribution in [0.4, 0.5) is 0 Å². The summed E-state index contributed by atoms with van der Waals surface area (Å²) in [6.45, 7) is 1.76. The Morgan fingerprint density at radius 3 is 2.90 bits per heavy atom. The predicted molar refractivity (Wildman–Crippen MR) is 73.8 cm³/mol. The number of aryl methyl sites for hydroxylation is 1. The number of rotatable bonds is 3. The molecule has 1 N–H and O–H groups in total. The largest absolute Gasteiger partial charge is 0.476 e. The van der Waals surface area contributed by atoms with Crippen molar-refractivity contribution in [2.75, 3.05) is 0 Å². The topological polar surface area (TPSA) is 85.1 Å². The maximum atomic E-state index is 11.0. The fourth-order valence-corrected chi connectivity index (χ4v) is 2.86. The van der Waals surface area contributed by atoms with Crippen LogP contribution in [0.25, 0.3) is 15.9 Å². The van der Waals surface area contributed by atoms with E-state index in [1.807, 2.05) is 6.07 Å². The van der Waals surface area contributed by atoms with Gasteiger partial charge < -0.3 is 5.11 Å². The number of nitrogens with zero attached hydrogens (tertiary/aromatic N) is 3. The van der Waals surface area contributed by atoms with Crippen LogP contribution in [0.5, 0.6) is 0 Å². The van der Waals surface area contributed by atoms with Crippen molar-refractivity contribution < 1.29 is 14.7 Å². The number of carboxylic acid groups (broad SMARTS) is 1. The van der Waals surface area contributed by atoms with E-state index in [1.165, 1.54) is 22.1 Å². The number of aromatic nitrogens is 3. The predicted octanol–water partition coefficient (Wildman–Crippen LogP) is 2.30. The summed E-state index contributed by atoms with van der Waals surface area (Å²) < 4.78 is 2.39. The van der Waals surface area contributed by atoms with Crippen molar-refractivity contribution >= 4 is 33.7 Å². The van der Waals surface area contributed by atoms with Gasteiger partial charge >= 0.3 is 5.97 Å². The lowest BCUT2D eigenvalue weighted by Gasteiger charge is -2.04. The molecule has 0 saturated heterocycles. The molecule has 3 aromatic heterocycles. The number of pyridine rings is 1. The number of aldehydes is 1. The first-order valence-corrected chi connectivity index (χ1v) is 6.56. The van der Waals surface area contributed by atoms with Crippen LogP contribution in [-0.4, -0.2) is 32.1 Å². The van der Waals surface area contributed by atoms with Crippen LogP contribution in [0.1, 0.15) is 25.9 Å². The lowest BCUT2D eigenvalue weighted by Crippen LogP contribution is -2.04. The van der Waals surface area contributed by atoms with Gasteiger partial charge in [-0.1, -0.05) is 0 Å². The third-order valence-corrected chi connectivity index (χ3v) is 3.89. The number of fused-ring (bicyclic) bond motifs is 1. The molecule has 0 aromatic carbocycles. The monoisotopic (exact) mass is 287 g/mol. The summed E-state index contributed by atoms with van der Waals surface area (Å²) in [4.78, 5) is 26.7. The molecule has 0 unspecified atom stereocenters. The summed E-state index contributed by atoms with van der Waals surface area (Å²) in [5.74, 6) is -0.560. The second kappa shape index (κ2) is 4.53. The van der Waals surface area contributed by atoms with Gasteiger partial charge in [-0.15, -0.1) is 11.3 Å². The number of thiophene rings is 1. The van der Waals surface area contributed by atoms with Crippen LogP contribution in [0.3, 0.4) is 0 Å². The SMILES string of the molecule is Cc1cc(C(=O)O)nn1-c1nccc2sc(C=O)cc12. The van der Waals surface area contributed by atoms with E-state index in [1.54, 1.807) is 19.2 Å². The number of hydrogen-bond acceptors (Lipinski definition) is 5. The highest BCUT2D eigenvalue weighted by Gasteiger charge is 2.15. The van der Waals surface area contributed by atoms with E-state index in [4.69, 9.17) is 5.11 Å². The first kappa shape index (κ1) is 12.5. The van der Waals surface area contributed by atoms with E-state index in [0.29, 0.717) is 16.4 Å². The van der Waals surface area contributed by atoms with Gasteiger partial charge in [0.05, 0.1) is 4.88 Å². The van der Waals surface area contributed by atoms with Crippen LogP contribution in [0.2, 0.25) is 0 Å². The molecule has 7 heteroatoms. The maximum Gasteiger partial charge on any atom is 0.356 e. The fraction of sp³-hybridized carbons (Fsp3) is 0.0769. The number of carboxylic acids is 1. The smallest absolute Gasteiger partial charge is 0.356 e. The minimum Gasteiger partial charge on any atom is -0.476 e. The molecule has 3 rings (SSSR count). The molecule has 0 radical (unpaired) electrons. The van der Waals surface area contributed by atoms with Crippen molar-refractivity contribution in [2.24, 2.45) is 0 Å². The van der Waals surface area contributed by atoms with Gasteiger partial charge in [-0.2, -0.15) is 5.10 Å². The van der Waals surface area contributed by atoms with Gasteiger partial charge in [0.15, 0.2) is 17.8 Å². The van der Waals surface area contributed by atoms with Crippen molar-refractivity contribution in [1.29, 1.82) is 0 Å². The van der Waals surface area contributed by atoms with Crippen molar-refractivity contribution in [3.8, 4) is 5.82 Å². The summed E-state index contributed by atoms with van der Waals surface area (Å²) in [6, 6.07) is 5.03. The van der Waals surface area contributed by atoms with Gasteiger partial charge in [0.25, 0.3) is 0 Å². The zero-order valence-electron chi connectivity index (χ0n) is 10.4. The van der Waals surface area contributed by atoms with Crippen molar-refractivity contribution in [1.82, 2.24) is 14.8 Å². The minimum absolute atomic E-state index is 0.0351. The Morgan fingerprint density at radius 1 is 1.45 bits per heavy atom. The first-order valence-electron chi connectivity index (χ1n) is 5.74. The average Bonchev–Trinajstić information content (AvgIpc) is 3.01. The molecule has 0 bridgehead atoms. The van der Waals surface area contributed by atoms with E-state index < -0.39 is 5.97 Å². The van der Waals surface area contributed by atoms with E-state index in [0.717, 1.165) is 16.4 Å². The zero-order chi connectivity index (χ0) is 14.3. The van der Waals surface area contributed by atoms with Crippen LogP contribution >= 0.6 is 11.3 Å². The molecule has 0 fully saturated rings. The molecule has 0 amide bonds. The molecule has 0 aliphatic rings. The number of aromatic carboxylic acids is 1. The molecule has 0 spiro atoms. The van der Waals surface area contributed by atoms with Gasteiger partial charge in [0, 0.05) is 22.0 Å². The quantitative estimate of drug-likeness (QED) is 0.747. The second-order valence-electron chi connectivity index (χ2n) is 4.20. The molecule has 0 aliphatic carbocycles. The van der Waals surface area contributed by atoms with E-state index in [9.17, 15) is 9.59 Å². The van der Waals surface area contributed by atoms with Crippen molar-refractivity contribution in [3.63, 3.8) is 0 Å². The van der Waals surface area contributed by atoms with Gasteiger partial charge in [-0.25, -0.2) is 14.5 Å². The normalized spacial score (nSPS) is 10.8. The Hall–Kier alpha value is -2.54. The van der Waals surface area contributed by atoms with Crippen LogP contribution in [0, 0.1) is 6.92 Å². The molecular weight excluding hydrogens is 278 g/mol. The zero-order valence-corrected chi connectivity index (χ0v) is 11.2. The van der Waals surface area contributed by atoms with Crippen molar-refractivity contribution in [2.45, 2.75) is 6.92 Å². The molecule has 0 saturated carbocycles. The summed E-state index contributed by atoms with van der Waals surface area (Å²) in [5.41, 5.74) is 0.633. The van der Waals surface area contributed by atoms with Crippen LogP contribution in [-0.2, 0) is 0 Å². The van der Waals surface area contributed by atoms with E-state index in [-0.39, 0.29) is 5.69 Å². The Kier molecular flexibility index (Phi) is 2.83. The summed E-state index contributed by atoms with van der Waals surface area (Å²) in [5, 5.41) is 13.8. The Labute approximate surface area is 117 Å². The summed E-state index contributed by atoms with van der Waals surface area (Å²) in [7, 11) is 0. The molecule has 0 aliphatic heterocycles. The summed E-state index contributed by atoms with van der Waals surface area (Å²) in [6.07, 6.45) is 2.40. The highest BCUT2D eigenvalue weighted by molar-refractivity contribution is 7.20.